The first kappa shape index (κ1) is 26.9. The SMILES string of the molecule is [2H]c1c([2H])c([2H])c(-c2cccc(-c3c([2H])c([2H])c([2H])c([2H])c3[2H])c2-[n+]2[c-]n(-c3cccc(Oc4ccc5c6ccccc6n(-c6cc7c(cn6)CCC[Si]76CCCC6)c5c4)c3)c3ccccc32)c([2H])c1[2H]. The zero-order chi connectivity index (χ0) is 49.0. The fourth-order valence-corrected chi connectivity index (χ4v) is 15.6. The van der Waals surface area contributed by atoms with Gasteiger partial charge in [0.05, 0.1) is 55.2 Å². The third-order valence-corrected chi connectivity index (χ3v) is 18.3. The first-order valence-electron chi connectivity index (χ1n) is 25.9. The van der Waals surface area contributed by atoms with Gasteiger partial charge in [0.1, 0.15) is 17.3 Å². The fourth-order valence-electron chi connectivity index (χ4n) is 10.1. The second-order valence-electron chi connectivity index (χ2n) is 16.1. The van der Waals surface area contributed by atoms with Crippen molar-refractivity contribution in [2.75, 3.05) is 0 Å². The lowest BCUT2D eigenvalue weighted by atomic mass is 9.95. The zero-order valence-corrected chi connectivity index (χ0v) is 34.2. The van der Waals surface area contributed by atoms with Crippen molar-refractivity contribution in [2.45, 2.75) is 43.8 Å². The number of imidazole rings is 1. The van der Waals surface area contributed by atoms with Gasteiger partial charge in [-0.25, -0.2) is 4.98 Å². The normalized spacial score (nSPS) is 16.9. The highest BCUT2D eigenvalue weighted by Crippen LogP contribution is 2.40. The number of hydrogen-bond donors (Lipinski definition) is 0. The Morgan fingerprint density at radius 3 is 2.08 bits per heavy atom. The minimum atomic E-state index is -1.56. The maximum absolute atomic E-state index is 9.03. The lowest BCUT2D eigenvalue weighted by Crippen LogP contribution is -2.49. The monoisotopic (exact) mass is 814 g/mol. The Morgan fingerprint density at radius 1 is 0.623 bits per heavy atom. The maximum Gasteiger partial charge on any atom is 0.269 e. The largest absolute Gasteiger partial charge is 0.458 e. The van der Waals surface area contributed by atoms with E-state index in [1.165, 1.54) is 43.0 Å². The van der Waals surface area contributed by atoms with Gasteiger partial charge < -0.3 is 4.74 Å². The van der Waals surface area contributed by atoms with E-state index in [9.17, 15) is 0 Å². The van der Waals surface area contributed by atoms with E-state index in [2.05, 4.69) is 59.6 Å². The Balaban J connectivity index is 1.00. The van der Waals surface area contributed by atoms with Gasteiger partial charge >= 0.3 is 0 Å². The summed E-state index contributed by atoms with van der Waals surface area (Å²) in [6.07, 6.45) is 10.6. The summed E-state index contributed by atoms with van der Waals surface area (Å²) in [5.41, 5.74) is 5.70. The summed E-state index contributed by atoms with van der Waals surface area (Å²) in [5, 5.41) is 3.83. The van der Waals surface area contributed by atoms with Crippen LogP contribution in [0.5, 0.6) is 11.5 Å². The molecule has 7 aromatic carbocycles. The average molecular weight is 815 g/mol. The Kier molecular flexibility index (Phi) is 6.45. The molecule has 294 valence electrons. The van der Waals surface area contributed by atoms with Crippen LogP contribution in [0.4, 0.5) is 0 Å². The molecule has 0 atom stereocenters. The molecule has 1 spiro atoms. The number of fused-ring (bicyclic) bond motifs is 6. The van der Waals surface area contributed by atoms with Gasteiger partial charge in [-0.2, -0.15) is 0 Å². The predicted octanol–water partition coefficient (Wildman–Crippen LogP) is 12.7. The molecule has 3 aromatic heterocycles. The minimum Gasteiger partial charge on any atom is -0.458 e. The molecular formula is C55H44N4OSi. The van der Waals surface area contributed by atoms with E-state index in [4.69, 9.17) is 23.4 Å². The van der Waals surface area contributed by atoms with Gasteiger partial charge in [-0.15, -0.1) is 0 Å². The fraction of sp³-hybridized carbons (Fsp3) is 0.127. The van der Waals surface area contributed by atoms with E-state index < -0.39 is 68.5 Å². The molecule has 12 rings (SSSR count). The molecule has 2 aliphatic rings. The van der Waals surface area contributed by atoms with Crippen molar-refractivity contribution in [3.05, 3.63) is 194 Å². The van der Waals surface area contributed by atoms with E-state index in [0.717, 1.165) is 34.0 Å². The third-order valence-electron chi connectivity index (χ3n) is 12.8. The molecule has 0 bridgehead atoms. The van der Waals surface area contributed by atoms with E-state index in [0.29, 0.717) is 28.2 Å². The zero-order valence-electron chi connectivity index (χ0n) is 43.2. The Hall–Kier alpha value is -7.02. The predicted molar refractivity (Wildman–Crippen MR) is 251 cm³/mol. The summed E-state index contributed by atoms with van der Waals surface area (Å²) in [4.78, 5) is 5.13. The van der Waals surface area contributed by atoms with Crippen LogP contribution in [-0.4, -0.2) is 22.2 Å². The molecule has 61 heavy (non-hydrogen) atoms. The minimum absolute atomic E-state index is 0.119. The topological polar surface area (TPSA) is 35.9 Å². The van der Waals surface area contributed by atoms with Crippen molar-refractivity contribution in [3.63, 3.8) is 0 Å². The molecule has 0 radical (unpaired) electrons. The lowest BCUT2D eigenvalue weighted by molar-refractivity contribution is -0.571. The first-order valence-corrected chi connectivity index (χ1v) is 23.5. The van der Waals surface area contributed by atoms with Crippen LogP contribution in [0.3, 0.4) is 0 Å². The van der Waals surface area contributed by atoms with Crippen molar-refractivity contribution in [3.8, 4) is 50.9 Å². The van der Waals surface area contributed by atoms with Crippen molar-refractivity contribution in [1.82, 2.24) is 14.1 Å². The number of pyridine rings is 1. The van der Waals surface area contributed by atoms with Gasteiger partial charge in [0.25, 0.3) is 6.33 Å². The number of para-hydroxylation sites is 4. The summed E-state index contributed by atoms with van der Waals surface area (Å²) in [5.74, 6) is 2.11. The molecule has 6 heteroatoms. The molecule has 1 fully saturated rings. The van der Waals surface area contributed by atoms with Crippen LogP contribution < -0.4 is 14.5 Å². The lowest BCUT2D eigenvalue weighted by Gasteiger charge is -2.34. The number of aromatic nitrogens is 4. The van der Waals surface area contributed by atoms with Gasteiger partial charge in [0.2, 0.25) is 0 Å². The Morgan fingerprint density at radius 2 is 1.30 bits per heavy atom. The Labute approximate surface area is 370 Å². The highest BCUT2D eigenvalue weighted by molar-refractivity contribution is 6.93. The molecule has 1 saturated heterocycles. The quantitative estimate of drug-likeness (QED) is 0.0913. The molecule has 5 nitrogen and oxygen atoms in total. The number of nitrogens with zero attached hydrogens (tertiary/aromatic N) is 4. The van der Waals surface area contributed by atoms with Gasteiger partial charge in [-0.05, 0) is 76.7 Å². The highest BCUT2D eigenvalue weighted by atomic mass is 28.3. The van der Waals surface area contributed by atoms with Gasteiger partial charge in [-0.1, -0.05) is 170 Å². The molecule has 10 aromatic rings. The molecule has 0 amide bonds. The third kappa shape index (κ3) is 6.04. The molecular weight excluding hydrogens is 761 g/mol. The molecule has 5 heterocycles. The number of rotatable bonds is 7. The Bertz CT molecular complexity index is 3740. The van der Waals surface area contributed by atoms with E-state index in [1.807, 2.05) is 59.2 Å². The first-order chi connectivity index (χ1) is 34.3. The van der Waals surface area contributed by atoms with Gasteiger partial charge in [-0.3, -0.25) is 13.7 Å². The molecule has 0 aliphatic carbocycles. The van der Waals surface area contributed by atoms with Crippen molar-refractivity contribution < 1.29 is 23.0 Å². The van der Waals surface area contributed by atoms with Crippen LogP contribution in [0.1, 0.15) is 38.5 Å². The number of ether oxygens (including phenoxy) is 1. The van der Waals surface area contributed by atoms with Crippen molar-refractivity contribution in [1.29, 1.82) is 0 Å². The summed E-state index contributed by atoms with van der Waals surface area (Å²) in [7, 11) is -1.56. The van der Waals surface area contributed by atoms with E-state index >= 15 is 0 Å². The average Bonchev–Trinajstić information content (AvgIpc) is 4.11. The number of hydrogen-bond acceptors (Lipinski definition) is 2. The van der Waals surface area contributed by atoms with Crippen molar-refractivity contribution >= 4 is 46.1 Å². The van der Waals surface area contributed by atoms with Crippen LogP contribution in [0, 0.1) is 6.33 Å². The second-order valence-corrected chi connectivity index (χ2v) is 20.7. The van der Waals surface area contributed by atoms with Gasteiger partial charge in [0, 0.05) is 23.0 Å². The van der Waals surface area contributed by atoms with E-state index in [1.54, 1.807) is 28.0 Å². The van der Waals surface area contributed by atoms with Crippen LogP contribution in [-0.2, 0) is 6.42 Å². The number of benzene rings is 7. The summed E-state index contributed by atoms with van der Waals surface area (Å²) in [6, 6.07) is 35.8. The van der Waals surface area contributed by atoms with Crippen LogP contribution in [0.2, 0.25) is 18.1 Å². The molecule has 0 N–H and O–H groups in total. The summed E-state index contributed by atoms with van der Waals surface area (Å²) < 4.78 is 99.6. The smallest absolute Gasteiger partial charge is 0.269 e. The maximum atomic E-state index is 9.03. The van der Waals surface area contributed by atoms with Crippen molar-refractivity contribution in [2.24, 2.45) is 0 Å². The van der Waals surface area contributed by atoms with E-state index in [-0.39, 0.29) is 27.9 Å². The summed E-state index contributed by atoms with van der Waals surface area (Å²) >= 11 is 0. The summed E-state index contributed by atoms with van der Waals surface area (Å²) in [6.45, 7) is 0. The van der Waals surface area contributed by atoms with Crippen LogP contribution in [0.15, 0.2) is 182 Å². The van der Waals surface area contributed by atoms with Crippen LogP contribution >= 0.6 is 0 Å². The molecule has 0 saturated carbocycles. The second kappa shape index (κ2) is 14.6. The molecule has 0 unspecified atom stereocenters. The highest BCUT2D eigenvalue weighted by Gasteiger charge is 2.41. The number of aryl methyl sites for hydroxylation is 1. The molecule has 2 aliphatic heterocycles. The van der Waals surface area contributed by atoms with Crippen LogP contribution in [0.25, 0.3) is 72.3 Å². The standard InChI is InChI=1S/C55H44N4OSi/c1-3-16-39(17-4-1)45-24-14-25-46(40-18-5-2-6-19-40)55(45)58-38-57(50-27-9-10-28-51(50)58)42-21-13-22-43(34-42)60-44-29-30-48-47-23-7-8-26-49(47)59(52(48)35-44)54-36-53-41(37-56-54)20-15-33-61(53)31-11-12-32-61/h1-10,13-14,16-19,21-30,34-37H,11-12,15,20,31-33H2/i1D,2D,3D,4D,5D,6D,16D,17D,18D,19D. The van der Waals surface area contributed by atoms with Gasteiger partial charge in [0.15, 0.2) is 0 Å².